The average Bonchev–Trinajstić information content (AvgIpc) is 2.27. The van der Waals surface area contributed by atoms with Crippen molar-refractivity contribution < 1.29 is 14.7 Å². The van der Waals surface area contributed by atoms with Gasteiger partial charge in [-0.15, -0.1) is 0 Å². The van der Waals surface area contributed by atoms with Gasteiger partial charge in [-0.1, -0.05) is 0 Å². The molecule has 1 fully saturated rings. The standard InChI is InChI=1S/C11H20N2O3/c1-8(11(15)16)13-10(14)3-2-9-4-6-12-7-5-9/h8-9,12H,2-7H2,1H3,(H,13,14)(H,15,16). The van der Waals surface area contributed by atoms with Crippen LogP contribution in [0.4, 0.5) is 0 Å². The quantitative estimate of drug-likeness (QED) is 0.634. The summed E-state index contributed by atoms with van der Waals surface area (Å²) in [6, 6.07) is -0.791. The summed E-state index contributed by atoms with van der Waals surface area (Å²) in [6.07, 6.45) is 3.52. The molecule has 0 aliphatic carbocycles. The molecule has 5 nitrogen and oxygen atoms in total. The molecule has 3 N–H and O–H groups in total. The number of aliphatic carboxylic acids is 1. The zero-order chi connectivity index (χ0) is 12.0. The minimum Gasteiger partial charge on any atom is -0.480 e. The van der Waals surface area contributed by atoms with Gasteiger partial charge in [0.25, 0.3) is 0 Å². The Morgan fingerprint density at radius 2 is 2.06 bits per heavy atom. The van der Waals surface area contributed by atoms with E-state index in [1.807, 2.05) is 0 Å². The molecule has 1 unspecified atom stereocenters. The van der Waals surface area contributed by atoms with Crippen LogP contribution in [0, 0.1) is 5.92 Å². The van der Waals surface area contributed by atoms with Crippen LogP contribution in [-0.4, -0.2) is 36.1 Å². The van der Waals surface area contributed by atoms with Crippen LogP contribution < -0.4 is 10.6 Å². The summed E-state index contributed by atoms with van der Waals surface area (Å²) in [6.45, 7) is 3.53. The molecule has 1 aliphatic rings. The van der Waals surface area contributed by atoms with Gasteiger partial charge in [-0.3, -0.25) is 9.59 Å². The van der Waals surface area contributed by atoms with Crippen molar-refractivity contribution in [1.82, 2.24) is 10.6 Å². The summed E-state index contributed by atoms with van der Waals surface area (Å²) in [7, 11) is 0. The van der Waals surface area contributed by atoms with Gasteiger partial charge in [0.05, 0.1) is 0 Å². The highest BCUT2D eigenvalue weighted by molar-refractivity contribution is 5.83. The number of nitrogens with one attached hydrogen (secondary N) is 2. The Kier molecular flexibility index (Phi) is 5.25. The highest BCUT2D eigenvalue weighted by Crippen LogP contribution is 2.17. The van der Waals surface area contributed by atoms with Gasteiger partial charge in [0.1, 0.15) is 6.04 Å². The fourth-order valence-corrected chi connectivity index (χ4v) is 1.88. The zero-order valence-corrected chi connectivity index (χ0v) is 9.66. The number of piperidine rings is 1. The Bertz CT molecular complexity index is 250. The molecular weight excluding hydrogens is 208 g/mol. The highest BCUT2D eigenvalue weighted by Gasteiger charge is 2.17. The van der Waals surface area contributed by atoms with Crippen molar-refractivity contribution in [3.05, 3.63) is 0 Å². The van der Waals surface area contributed by atoms with Crippen molar-refractivity contribution in [2.24, 2.45) is 5.92 Å². The summed E-state index contributed by atoms with van der Waals surface area (Å²) >= 11 is 0. The van der Waals surface area contributed by atoms with E-state index in [0.717, 1.165) is 32.4 Å². The Labute approximate surface area is 95.6 Å². The minimum absolute atomic E-state index is 0.159. The Balaban J connectivity index is 2.16. The molecule has 1 heterocycles. The van der Waals surface area contributed by atoms with Crippen LogP contribution in [0.5, 0.6) is 0 Å². The zero-order valence-electron chi connectivity index (χ0n) is 9.66. The molecule has 1 saturated heterocycles. The summed E-state index contributed by atoms with van der Waals surface area (Å²) < 4.78 is 0. The molecule has 0 aromatic rings. The second kappa shape index (κ2) is 6.48. The van der Waals surface area contributed by atoms with Crippen LogP contribution in [0.3, 0.4) is 0 Å². The number of hydrogen-bond donors (Lipinski definition) is 3. The van der Waals surface area contributed by atoms with Crippen LogP contribution in [0.25, 0.3) is 0 Å². The molecule has 1 amide bonds. The number of carboxylic acid groups (broad SMARTS) is 1. The lowest BCUT2D eigenvalue weighted by Crippen LogP contribution is -2.38. The fraction of sp³-hybridized carbons (Fsp3) is 0.818. The Morgan fingerprint density at radius 3 is 2.62 bits per heavy atom. The fourth-order valence-electron chi connectivity index (χ4n) is 1.88. The van der Waals surface area contributed by atoms with Crippen molar-refractivity contribution in [2.75, 3.05) is 13.1 Å². The van der Waals surface area contributed by atoms with Gasteiger partial charge < -0.3 is 15.7 Å². The number of carboxylic acids is 1. The maximum Gasteiger partial charge on any atom is 0.325 e. The van der Waals surface area contributed by atoms with Gasteiger partial charge in [0.2, 0.25) is 5.91 Å². The second-order valence-corrected chi connectivity index (χ2v) is 4.36. The molecule has 0 aromatic heterocycles. The smallest absolute Gasteiger partial charge is 0.325 e. The van der Waals surface area contributed by atoms with Crippen LogP contribution in [-0.2, 0) is 9.59 Å². The molecule has 1 rings (SSSR count). The van der Waals surface area contributed by atoms with Gasteiger partial charge in [0, 0.05) is 6.42 Å². The minimum atomic E-state index is -0.991. The number of rotatable bonds is 5. The lowest BCUT2D eigenvalue weighted by Gasteiger charge is -2.22. The SMILES string of the molecule is CC(NC(=O)CCC1CCNCC1)C(=O)O. The molecule has 5 heteroatoms. The van der Waals surface area contributed by atoms with E-state index in [1.165, 1.54) is 6.92 Å². The third kappa shape index (κ3) is 4.61. The highest BCUT2D eigenvalue weighted by atomic mass is 16.4. The largest absolute Gasteiger partial charge is 0.480 e. The Hall–Kier alpha value is -1.10. The van der Waals surface area contributed by atoms with E-state index in [0.29, 0.717) is 12.3 Å². The third-order valence-electron chi connectivity index (χ3n) is 2.99. The summed E-state index contributed by atoms with van der Waals surface area (Å²) in [5, 5.41) is 14.4. The molecule has 0 bridgehead atoms. The number of amides is 1. The normalized spacial score (nSPS) is 19.1. The predicted octanol–water partition coefficient (Wildman–Crippen LogP) is 0.356. The van der Waals surface area contributed by atoms with Crippen molar-refractivity contribution in [3.8, 4) is 0 Å². The average molecular weight is 228 g/mol. The maximum atomic E-state index is 11.4. The van der Waals surface area contributed by atoms with Gasteiger partial charge >= 0.3 is 5.97 Å². The molecule has 0 radical (unpaired) electrons. The van der Waals surface area contributed by atoms with Crippen LogP contribution in [0.1, 0.15) is 32.6 Å². The van der Waals surface area contributed by atoms with Crippen LogP contribution in [0.2, 0.25) is 0 Å². The molecule has 16 heavy (non-hydrogen) atoms. The van der Waals surface area contributed by atoms with E-state index in [2.05, 4.69) is 10.6 Å². The van der Waals surface area contributed by atoms with Gasteiger partial charge in [-0.25, -0.2) is 0 Å². The van der Waals surface area contributed by atoms with Crippen molar-refractivity contribution >= 4 is 11.9 Å². The van der Waals surface area contributed by atoms with Crippen molar-refractivity contribution in [1.29, 1.82) is 0 Å². The monoisotopic (exact) mass is 228 g/mol. The van der Waals surface area contributed by atoms with Gasteiger partial charge in [0.15, 0.2) is 0 Å². The summed E-state index contributed by atoms with van der Waals surface area (Å²) in [4.78, 5) is 21.9. The summed E-state index contributed by atoms with van der Waals surface area (Å²) in [5.41, 5.74) is 0. The van der Waals surface area contributed by atoms with Crippen molar-refractivity contribution in [3.63, 3.8) is 0 Å². The van der Waals surface area contributed by atoms with E-state index in [1.54, 1.807) is 0 Å². The van der Waals surface area contributed by atoms with Crippen molar-refractivity contribution in [2.45, 2.75) is 38.6 Å². The Morgan fingerprint density at radius 1 is 1.44 bits per heavy atom. The van der Waals surface area contributed by atoms with E-state index in [4.69, 9.17) is 5.11 Å². The van der Waals surface area contributed by atoms with Crippen LogP contribution >= 0.6 is 0 Å². The van der Waals surface area contributed by atoms with E-state index in [-0.39, 0.29) is 5.91 Å². The first kappa shape index (κ1) is 13.0. The molecule has 0 saturated carbocycles. The molecule has 0 aromatic carbocycles. The molecule has 0 spiro atoms. The first-order chi connectivity index (χ1) is 7.59. The predicted molar refractivity (Wildman–Crippen MR) is 60.1 cm³/mol. The lowest BCUT2D eigenvalue weighted by molar-refractivity contribution is -0.141. The number of hydrogen-bond acceptors (Lipinski definition) is 3. The summed E-state index contributed by atoms with van der Waals surface area (Å²) in [5.74, 6) is -0.546. The maximum absolute atomic E-state index is 11.4. The molecule has 1 aliphatic heterocycles. The first-order valence-electron chi connectivity index (χ1n) is 5.82. The molecule has 92 valence electrons. The number of carbonyl (C=O) groups excluding carboxylic acids is 1. The topological polar surface area (TPSA) is 78.4 Å². The van der Waals surface area contributed by atoms with E-state index in [9.17, 15) is 9.59 Å². The van der Waals surface area contributed by atoms with Crippen LogP contribution in [0.15, 0.2) is 0 Å². The third-order valence-corrected chi connectivity index (χ3v) is 2.99. The van der Waals surface area contributed by atoms with Gasteiger partial charge in [-0.05, 0) is 45.2 Å². The molecular formula is C11H20N2O3. The van der Waals surface area contributed by atoms with E-state index >= 15 is 0 Å². The lowest BCUT2D eigenvalue weighted by atomic mass is 9.93. The molecule has 1 atom stereocenters. The second-order valence-electron chi connectivity index (χ2n) is 4.36. The number of carbonyl (C=O) groups is 2. The first-order valence-corrected chi connectivity index (χ1v) is 5.82. The van der Waals surface area contributed by atoms with E-state index < -0.39 is 12.0 Å². The van der Waals surface area contributed by atoms with Gasteiger partial charge in [-0.2, -0.15) is 0 Å².